The Hall–Kier alpha value is -3.33. The zero-order chi connectivity index (χ0) is 18.6. The van der Waals surface area contributed by atoms with Crippen molar-refractivity contribution in [1.29, 1.82) is 0 Å². The number of rotatable bonds is 6. The van der Waals surface area contributed by atoms with Crippen LogP contribution >= 0.6 is 11.3 Å². The molecule has 0 fully saturated rings. The largest absolute Gasteiger partial charge is 0.486 e. The molecule has 4 aromatic rings. The van der Waals surface area contributed by atoms with Crippen molar-refractivity contribution in [2.75, 3.05) is 0 Å². The Bertz CT molecular complexity index is 1080. The van der Waals surface area contributed by atoms with Gasteiger partial charge in [0.25, 0.3) is 5.91 Å². The first-order valence-corrected chi connectivity index (χ1v) is 8.96. The summed E-state index contributed by atoms with van der Waals surface area (Å²) in [4.78, 5) is 16.6. The number of carbonyl (C=O) groups excluding carboxylic acids is 1. The van der Waals surface area contributed by atoms with Crippen LogP contribution in [0.3, 0.4) is 0 Å². The standard InChI is InChI=1S/C18H14FN5O2S/c19-12-4-6-13(7-5-12)26-10-17-21-14(11-27-17)18(25)20-9-16-23-22-15-3-1-2-8-24(15)16/h1-8,11H,9-10H2,(H,20,25). The SMILES string of the molecule is O=C(NCc1nnc2ccccn12)c1csc(COc2ccc(F)cc2)n1. The van der Waals surface area contributed by atoms with E-state index < -0.39 is 0 Å². The fourth-order valence-electron chi connectivity index (χ4n) is 2.42. The van der Waals surface area contributed by atoms with Gasteiger partial charge in [0.2, 0.25) is 0 Å². The highest BCUT2D eigenvalue weighted by Gasteiger charge is 2.13. The van der Waals surface area contributed by atoms with Crippen molar-refractivity contribution >= 4 is 22.9 Å². The van der Waals surface area contributed by atoms with Crippen LogP contribution in [-0.4, -0.2) is 25.5 Å². The third kappa shape index (κ3) is 3.93. The second kappa shape index (κ2) is 7.50. The smallest absolute Gasteiger partial charge is 0.271 e. The van der Waals surface area contributed by atoms with Crippen molar-refractivity contribution in [2.45, 2.75) is 13.2 Å². The Kier molecular flexibility index (Phi) is 4.75. The van der Waals surface area contributed by atoms with E-state index in [1.54, 1.807) is 17.5 Å². The predicted octanol–water partition coefficient (Wildman–Crippen LogP) is 2.83. The van der Waals surface area contributed by atoms with Gasteiger partial charge in [0.1, 0.15) is 28.9 Å². The van der Waals surface area contributed by atoms with Crippen LogP contribution in [-0.2, 0) is 13.2 Å². The van der Waals surface area contributed by atoms with Crippen molar-refractivity contribution in [1.82, 2.24) is 24.9 Å². The lowest BCUT2D eigenvalue weighted by atomic mass is 10.3. The van der Waals surface area contributed by atoms with Crippen LogP contribution in [0.25, 0.3) is 5.65 Å². The minimum atomic E-state index is -0.323. The van der Waals surface area contributed by atoms with Crippen LogP contribution in [0.2, 0.25) is 0 Å². The molecule has 0 radical (unpaired) electrons. The first-order chi connectivity index (χ1) is 13.2. The average molecular weight is 383 g/mol. The lowest BCUT2D eigenvalue weighted by Crippen LogP contribution is -2.24. The number of fused-ring (bicyclic) bond motifs is 1. The second-order valence-electron chi connectivity index (χ2n) is 5.60. The maximum atomic E-state index is 12.9. The summed E-state index contributed by atoms with van der Waals surface area (Å²) in [6.07, 6.45) is 1.84. The van der Waals surface area contributed by atoms with Gasteiger partial charge in [0.15, 0.2) is 11.5 Å². The van der Waals surface area contributed by atoms with Crippen LogP contribution in [0, 0.1) is 5.82 Å². The summed E-state index contributed by atoms with van der Waals surface area (Å²) in [6, 6.07) is 11.3. The second-order valence-corrected chi connectivity index (χ2v) is 6.54. The molecule has 0 saturated carbocycles. The van der Waals surface area contributed by atoms with Gasteiger partial charge in [-0.05, 0) is 36.4 Å². The summed E-state index contributed by atoms with van der Waals surface area (Å²) in [5.41, 5.74) is 1.03. The van der Waals surface area contributed by atoms with Gasteiger partial charge in [0, 0.05) is 11.6 Å². The Morgan fingerprint density at radius 2 is 2.04 bits per heavy atom. The minimum Gasteiger partial charge on any atom is -0.486 e. The molecule has 9 heteroatoms. The lowest BCUT2D eigenvalue weighted by molar-refractivity contribution is 0.0945. The Labute approximate surface area is 157 Å². The van der Waals surface area contributed by atoms with E-state index in [4.69, 9.17) is 4.74 Å². The predicted molar refractivity (Wildman–Crippen MR) is 97.0 cm³/mol. The Morgan fingerprint density at radius 3 is 2.89 bits per heavy atom. The van der Waals surface area contributed by atoms with Gasteiger partial charge in [-0.15, -0.1) is 21.5 Å². The maximum absolute atomic E-state index is 12.9. The maximum Gasteiger partial charge on any atom is 0.271 e. The molecule has 0 aliphatic rings. The van der Waals surface area contributed by atoms with E-state index >= 15 is 0 Å². The van der Waals surface area contributed by atoms with Crippen molar-refractivity contribution < 1.29 is 13.9 Å². The van der Waals surface area contributed by atoms with Crippen LogP contribution in [0.15, 0.2) is 54.0 Å². The molecule has 3 aromatic heterocycles. The molecule has 0 atom stereocenters. The van der Waals surface area contributed by atoms with E-state index in [2.05, 4.69) is 20.5 Å². The van der Waals surface area contributed by atoms with E-state index in [1.807, 2.05) is 28.8 Å². The number of nitrogens with zero attached hydrogens (tertiary/aromatic N) is 4. The van der Waals surface area contributed by atoms with Gasteiger partial charge in [0.05, 0.1) is 6.54 Å². The Morgan fingerprint density at radius 1 is 1.19 bits per heavy atom. The molecule has 7 nitrogen and oxygen atoms in total. The molecule has 0 saturated heterocycles. The third-order valence-corrected chi connectivity index (χ3v) is 4.57. The van der Waals surface area contributed by atoms with Crippen LogP contribution in [0.1, 0.15) is 21.3 Å². The van der Waals surface area contributed by atoms with Gasteiger partial charge in [-0.25, -0.2) is 9.37 Å². The van der Waals surface area contributed by atoms with Crippen molar-refractivity contribution in [3.8, 4) is 5.75 Å². The van der Waals surface area contributed by atoms with Crippen molar-refractivity contribution in [2.24, 2.45) is 0 Å². The quantitative estimate of drug-likeness (QED) is 0.554. The van der Waals surface area contributed by atoms with E-state index in [9.17, 15) is 9.18 Å². The summed E-state index contributed by atoms with van der Waals surface area (Å²) >= 11 is 1.32. The molecule has 0 spiro atoms. The topological polar surface area (TPSA) is 81.4 Å². The molecular formula is C18H14FN5O2S. The van der Waals surface area contributed by atoms with Crippen molar-refractivity contribution in [3.05, 3.63) is 76.4 Å². The third-order valence-electron chi connectivity index (χ3n) is 3.75. The summed E-state index contributed by atoms with van der Waals surface area (Å²) in [5.74, 6) is 0.549. The van der Waals surface area contributed by atoms with Gasteiger partial charge in [-0.3, -0.25) is 9.20 Å². The van der Waals surface area contributed by atoms with Gasteiger partial charge in [-0.2, -0.15) is 0 Å². The number of nitrogens with one attached hydrogen (secondary N) is 1. The number of thiazole rings is 1. The fraction of sp³-hybridized carbons (Fsp3) is 0.111. The first kappa shape index (κ1) is 17.1. The number of hydrogen-bond donors (Lipinski definition) is 1. The minimum absolute atomic E-state index is 0.207. The van der Waals surface area contributed by atoms with Gasteiger partial charge < -0.3 is 10.1 Å². The number of ether oxygens (including phenoxy) is 1. The molecule has 0 aliphatic carbocycles. The highest BCUT2D eigenvalue weighted by molar-refractivity contribution is 7.09. The number of carbonyl (C=O) groups is 1. The summed E-state index contributed by atoms with van der Waals surface area (Å²) < 4.78 is 20.2. The normalized spacial score (nSPS) is 10.9. The van der Waals surface area contributed by atoms with E-state index in [-0.39, 0.29) is 24.9 Å². The molecule has 1 aromatic carbocycles. The van der Waals surface area contributed by atoms with E-state index in [1.165, 1.54) is 23.5 Å². The summed E-state index contributed by atoms with van der Waals surface area (Å²) in [6.45, 7) is 0.446. The number of pyridine rings is 1. The van der Waals surface area contributed by atoms with Gasteiger partial charge in [-0.1, -0.05) is 6.07 Å². The number of halogens is 1. The Balaban J connectivity index is 1.35. The summed E-state index contributed by atoms with van der Waals surface area (Å²) in [7, 11) is 0. The molecule has 136 valence electrons. The zero-order valence-electron chi connectivity index (χ0n) is 14.0. The molecule has 4 rings (SSSR count). The monoisotopic (exact) mass is 383 g/mol. The molecule has 1 N–H and O–H groups in total. The molecular weight excluding hydrogens is 369 g/mol. The highest BCUT2D eigenvalue weighted by atomic mass is 32.1. The highest BCUT2D eigenvalue weighted by Crippen LogP contribution is 2.16. The molecule has 0 unspecified atom stereocenters. The number of benzene rings is 1. The number of hydrogen-bond acceptors (Lipinski definition) is 6. The first-order valence-electron chi connectivity index (χ1n) is 8.08. The van der Waals surface area contributed by atoms with Crippen molar-refractivity contribution in [3.63, 3.8) is 0 Å². The fourth-order valence-corrected chi connectivity index (χ4v) is 3.10. The van der Waals surface area contributed by atoms with Crippen LogP contribution in [0.5, 0.6) is 5.75 Å². The molecule has 27 heavy (non-hydrogen) atoms. The molecule has 0 bridgehead atoms. The van der Waals surface area contributed by atoms with E-state index in [0.29, 0.717) is 22.3 Å². The number of aromatic nitrogens is 4. The zero-order valence-corrected chi connectivity index (χ0v) is 14.8. The molecule has 1 amide bonds. The van der Waals surface area contributed by atoms with Crippen LogP contribution in [0.4, 0.5) is 4.39 Å². The molecule has 3 heterocycles. The van der Waals surface area contributed by atoms with Crippen LogP contribution < -0.4 is 10.1 Å². The lowest BCUT2D eigenvalue weighted by Gasteiger charge is -2.03. The van der Waals surface area contributed by atoms with E-state index in [0.717, 1.165) is 5.65 Å². The number of amides is 1. The average Bonchev–Trinajstić information content (AvgIpc) is 3.33. The summed E-state index contributed by atoms with van der Waals surface area (Å²) in [5, 5.41) is 13.2. The molecule has 0 aliphatic heterocycles. The van der Waals surface area contributed by atoms with Gasteiger partial charge >= 0.3 is 0 Å².